The van der Waals surface area contributed by atoms with Gasteiger partial charge in [-0.05, 0) is 29.8 Å². The number of carbonyl (C=O) groups is 1. The van der Waals surface area contributed by atoms with Crippen LogP contribution in [-0.4, -0.2) is 27.0 Å². The highest BCUT2D eigenvalue weighted by atomic mass is 35.5. The fraction of sp³-hybridized carbons (Fsp3) is 0.150. The van der Waals surface area contributed by atoms with Crippen molar-refractivity contribution in [3.8, 4) is 11.8 Å². The molecule has 0 radical (unpaired) electrons. The van der Waals surface area contributed by atoms with Gasteiger partial charge in [0.15, 0.2) is 0 Å². The zero-order chi connectivity index (χ0) is 19.2. The van der Waals surface area contributed by atoms with E-state index in [1.807, 2.05) is 12.1 Å². The topological polar surface area (TPSA) is 83.7 Å². The van der Waals surface area contributed by atoms with Crippen molar-refractivity contribution < 1.29 is 9.90 Å². The average Bonchev–Trinajstić information content (AvgIpc) is 2.68. The SMILES string of the molecule is O=C(Cc1ncc2ccc(C#CCO)cn2c1=O)NCc1ccc(Cl)cc1. The van der Waals surface area contributed by atoms with Gasteiger partial charge in [-0.3, -0.25) is 19.0 Å². The number of aromatic nitrogens is 2. The molecule has 1 amide bonds. The summed E-state index contributed by atoms with van der Waals surface area (Å²) >= 11 is 5.83. The number of amides is 1. The highest BCUT2D eigenvalue weighted by Gasteiger charge is 2.11. The molecule has 1 aromatic carbocycles. The predicted molar refractivity (Wildman–Crippen MR) is 102 cm³/mol. The Labute approximate surface area is 160 Å². The number of fused-ring (bicyclic) bond motifs is 1. The van der Waals surface area contributed by atoms with E-state index in [4.69, 9.17) is 16.7 Å². The van der Waals surface area contributed by atoms with E-state index in [-0.39, 0.29) is 30.2 Å². The lowest BCUT2D eigenvalue weighted by Gasteiger charge is -2.07. The molecule has 0 bridgehead atoms. The molecule has 136 valence electrons. The van der Waals surface area contributed by atoms with Crippen molar-refractivity contribution in [2.75, 3.05) is 6.61 Å². The Morgan fingerprint density at radius 2 is 2.00 bits per heavy atom. The fourth-order valence-electron chi connectivity index (χ4n) is 2.49. The second kappa shape index (κ2) is 8.49. The Balaban J connectivity index is 1.75. The molecular formula is C20H16ClN3O3. The van der Waals surface area contributed by atoms with E-state index in [9.17, 15) is 9.59 Å². The molecule has 3 rings (SSSR count). The van der Waals surface area contributed by atoms with Gasteiger partial charge < -0.3 is 10.4 Å². The van der Waals surface area contributed by atoms with E-state index in [1.54, 1.807) is 30.5 Å². The average molecular weight is 382 g/mol. The number of nitrogens with one attached hydrogen (secondary N) is 1. The highest BCUT2D eigenvalue weighted by Crippen LogP contribution is 2.09. The number of halogens is 1. The molecule has 0 saturated heterocycles. The van der Waals surface area contributed by atoms with Crippen molar-refractivity contribution >= 4 is 23.0 Å². The van der Waals surface area contributed by atoms with Crippen LogP contribution in [0.15, 0.2) is 53.6 Å². The number of aliphatic hydroxyl groups excluding tert-OH is 1. The van der Waals surface area contributed by atoms with Gasteiger partial charge in [0.2, 0.25) is 5.91 Å². The van der Waals surface area contributed by atoms with Crippen LogP contribution in [-0.2, 0) is 17.8 Å². The summed E-state index contributed by atoms with van der Waals surface area (Å²) in [7, 11) is 0. The van der Waals surface area contributed by atoms with Crippen LogP contribution in [0.3, 0.4) is 0 Å². The van der Waals surface area contributed by atoms with E-state index in [0.29, 0.717) is 22.6 Å². The second-order valence-corrected chi connectivity index (χ2v) is 6.20. The molecule has 2 heterocycles. The molecule has 27 heavy (non-hydrogen) atoms. The van der Waals surface area contributed by atoms with E-state index in [2.05, 4.69) is 22.1 Å². The molecule has 7 heteroatoms. The fourth-order valence-corrected chi connectivity index (χ4v) is 2.61. The van der Waals surface area contributed by atoms with Crippen LogP contribution in [0.1, 0.15) is 16.8 Å². The smallest absolute Gasteiger partial charge is 0.277 e. The summed E-state index contributed by atoms with van der Waals surface area (Å²) in [6.07, 6.45) is 2.98. The predicted octanol–water partition coefficient (Wildman–Crippen LogP) is 1.55. The molecule has 0 saturated carbocycles. The monoisotopic (exact) mass is 381 g/mol. The first-order chi connectivity index (χ1) is 13.1. The summed E-state index contributed by atoms with van der Waals surface area (Å²) < 4.78 is 1.40. The minimum Gasteiger partial charge on any atom is -0.384 e. The number of hydrogen-bond donors (Lipinski definition) is 2. The molecule has 3 aromatic rings. The summed E-state index contributed by atoms with van der Waals surface area (Å²) in [5.41, 5.74) is 1.86. The van der Waals surface area contributed by atoms with E-state index in [0.717, 1.165) is 5.56 Å². The van der Waals surface area contributed by atoms with Crippen LogP contribution >= 0.6 is 11.6 Å². The standard InChI is InChI=1S/C20H16ClN3O3/c21-16-6-3-14(4-7-16)11-23-19(26)10-18-20(27)24-13-15(2-1-9-25)5-8-17(24)12-22-18/h3-8,12-13,25H,9-11H2,(H,23,26). The van der Waals surface area contributed by atoms with E-state index < -0.39 is 0 Å². The van der Waals surface area contributed by atoms with Gasteiger partial charge in [0, 0.05) is 23.3 Å². The third-order valence-corrected chi connectivity index (χ3v) is 4.09. The number of hydrogen-bond acceptors (Lipinski definition) is 4. The molecule has 6 nitrogen and oxygen atoms in total. The van der Waals surface area contributed by atoms with Gasteiger partial charge in [0.1, 0.15) is 12.3 Å². The van der Waals surface area contributed by atoms with E-state index in [1.165, 1.54) is 10.6 Å². The van der Waals surface area contributed by atoms with Crippen LogP contribution in [0.2, 0.25) is 5.02 Å². The van der Waals surface area contributed by atoms with Gasteiger partial charge in [0.25, 0.3) is 5.56 Å². The number of aliphatic hydroxyl groups is 1. The van der Waals surface area contributed by atoms with E-state index >= 15 is 0 Å². The van der Waals surface area contributed by atoms with Gasteiger partial charge in [-0.25, -0.2) is 0 Å². The minimum absolute atomic E-state index is 0.123. The maximum Gasteiger partial charge on any atom is 0.277 e. The number of nitrogens with zero attached hydrogens (tertiary/aromatic N) is 2. The molecule has 0 aliphatic heterocycles. The molecule has 0 fully saturated rings. The Bertz CT molecular complexity index is 1100. The van der Waals surface area contributed by atoms with Gasteiger partial charge in [-0.2, -0.15) is 0 Å². The van der Waals surface area contributed by atoms with Crippen molar-refractivity contribution in [1.82, 2.24) is 14.7 Å². The third-order valence-electron chi connectivity index (χ3n) is 3.84. The number of pyridine rings is 1. The zero-order valence-corrected chi connectivity index (χ0v) is 15.0. The number of carbonyl (C=O) groups excluding carboxylic acids is 1. The highest BCUT2D eigenvalue weighted by molar-refractivity contribution is 6.30. The molecule has 0 unspecified atom stereocenters. The first-order valence-electron chi connectivity index (χ1n) is 8.18. The summed E-state index contributed by atoms with van der Waals surface area (Å²) in [6, 6.07) is 10.6. The Morgan fingerprint density at radius 1 is 1.22 bits per heavy atom. The summed E-state index contributed by atoms with van der Waals surface area (Å²) in [4.78, 5) is 28.9. The van der Waals surface area contributed by atoms with Crippen molar-refractivity contribution in [3.05, 3.63) is 81.0 Å². The summed E-state index contributed by atoms with van der Waals surface area (Å²) in [5.74, 6) is 4.98. The maximum absolute atomic E-state index is 12.6. The van der Waals surface area contributed by atoms with Crippen LogP contribution in [0.5, 0.6) is 0 Å². The van der Waals surface area contributed by atoms with Gasteiger partial charge in [0.05, 0.1) is 18.1 Å². The lowest BCUT2D eigenvalue weighted by Crippen LogP contribution is -2.29. The van der Waals surface area contributed by atoms with Crippen LogP contribution in [0.25, 0.3) is 5.52 Å². The van der Waals surface area contributed by atoms with Crippen molar-refractivity contribution in [1.29, 1.82) is 0 Å². The van der Waals surface area contributed by atoms with Crippen molar-refractivity contribution in [2.45, 2.75) is 13.0 Å². The number of rotatable bonds is 4. The molecule has 2 N–H and O–H groups in total. The molecule has 2 aromatic heterocycles. The third kappa shape index (κ3) is 4.73. The quantitative estimate of drug-likeness (QED) is 0.672. The van der Waals surface area contributed by atoms with Crippen molar-refractivity contribution in [3.63, 3.8) is 0 Å². The Morgan fingerprint density at radius 3 is 2.74 bits per heavy atom. The summed E-state index contributed by atoms with van der Waals surface area (Å²) in [6.45, 7) is 0.0775. The lowest BCUT2D eigenvalue weighted by atomic mass is 10.2. The van der Waals surface area contributed by atoms with Gasteiger partial charge in [-0.15, -0.1) is 0 Å². The normalized spacial score (nSPS) is 10.3. The Kier molecular flexibility index (Phi) is 5.87. The molecular weight excluding hydrogens is 366 g/mol. The van der Waals surface area contributed by atoms with Crippen LogP contribution in [0, 0.1) is 11.8 Å². The zero-order valence-electron chi connectivity index (χ0n) is 14.3. The molecule has 0 spiro atoms. The largest absolute Gasteiger partial charge is 0.384 e. The van der Waals surface area contributed by atoms with Crippen LogP contribution < -0.4 is 10.9 Å². The second-order valence-electron chi connectivity index (χ2n) is 5.76. The van der Waals surface area contributed by atoms with Crippen LogP contribution in [0.4, 0.5) is 0 Å². The van der Waals surface area contributed by atoms with Gasteiger partial charge >= 0.3 is 0 Å². The Hall–Kier alpha value is -3.14. The minimum atomic E-state index is -0.373. The van der Waals surface area contributed by atoms with Crippen molar-refractivity contribution in [2.24, 2.45) is 0 Å². The first kappa shape index (κ1) is 18.6. The lowest BCUT2D eigenvalue weighted by molar-refractivity contribution is -0.120. The molecule has 0 atom stereocenters. The van der Waals surface area contributed by atoms with Gasteiger partial charge in [-0.1, -0.05) is 35.6 Å². The first-order valence-corrected chi connectivity index (χ1v) is 8.56. The molecule has 0 aliphatic carbocycles. The number of benzene rings is 1. The maximum atomic E-state index is 12.6. The molecule has 0 aliphatic rings. The summed E-state index contributed by atoms with van der Waals surface area (Å²) in [5, 5.41) is 12.2.